The highest BCUT2D eigenvalue weighted by Gasteiger charge is 2.22. The van der Waals surface area contributed by atoms with Crippen molar-refractivity contribution in [2.24, 2.45) is 0 Å². The lowest BCUT2D eigenvalue weighted by Crippen LogP contribution is -2.38. The number of carbonyl (C=O) groups is 1. The molecule has 0 aromatic heterocycles. The van der Waals surface area contributed by atoms with Crippen LogP contribution in [0.4, 0.5) is 4.79 Å². The fourth-order valence-corrected chi connectivity index (χ4v) is 1.88. The molecule has 4 nitrogen and oxygen atoms in total. The molecule has 0 bridgehead atoms. The minimum absolute atomic E-state index is 0.0942. The molecular weight excluding hydrogens is 240 g/mol. The maximum Gasteiger partial charge on any atom is 0.315 e. The lowest BCUT2D eigenvalue weighted by Gasteiger charge is -2.14. The third kappa shape index (κ3) is 4.47. The Balaban J connectivity index is 1.71. The molecule has 0 atom stereocenters. The molecule has 0 unspecified atom stereocenters. The summed E-state index contributed by atoms with van der Waals surface area (Å²) in [6, 6.07) is 8.33. The molecule has 0 spiro atoms. The van der Waals surface area contributed by atoms with Crippen LogP contribution in [0.15, 0.2) is 24.3 Å². The van der Waals surface area contributed by atoms with Crippen LogP contribution in [-0.2, 0) is 0 Å². The summed E-state index contributed by atoms with van der Waals surface area (Å²) in [4.78, 5) is 11.4. The molecular formula is C15H22N2O2. The van der Waals surface area contributed by atoms with Crippen LogP contribution < -0.4 is 15.4 Å². The predicted molar refractivity (Wildman–Crippen MR) is 75.6 cm³/mol. The molecule has 0 aliphatic heterocycles. The Hall–Kier alpha value is -1.71. The second kappa shape index (κ2) is 6.45. The van der Waals surface area contributed by atoms with E-state index in [1.165, 1.54) is 5.56 Å². The summed E-state index contributed by atoms with van der Waals surface area (Å²) in [7, 11) is 0. The SMILES string of the molecule is CC(C)c1ccccc1OCCNC(=O)NC1CC1. The van der Waals surface area contributed by atoms with E-state index in [4.69, 9.17) is 4.74 Å². The monoisotopic (exact) mass is 262 g/mol. The highest BCUT2D eigenvalue weighted by Crippen LogP contribution is 2.25. The number of nitrogens with one attached hydrogen (secondary N) is 2. The molecule has 0 heterocycles. The van der Waals surface area contributed by atoms with Crippen LogP contribution in [-0.4, -0.2) is 25.2 Å². The van der Waals surface area contributed by atoms with Crippen LogP contribution in [0.3, 0.4) is 0 Å². The summed E-state index contributed by atoms with van der Waals surface area (Å²) in [5.74, 6) is 1.34. The average Bonchev–Trinajstić information content (AvgIpc) is 3.19. The van der Waals surface area contributed by atoms with Crippen LogP contribution in [0.5, 0.6) is 5.75 Å². The number of amides is 2. The zero-order chi connectivity index (χ0) is 13.7. The van der Waals surface area contributed by atoms with Gasteiger partial charge >= 0.3 is 6.03 Å². The maximum absolute atomic E-state index is 11.4. The van der Waals surface area contributed by atoms with Crippen molar-refractivity contribution in [2.45, 2.75) is 38.6 Å². The Bertz CT molecular complexity index is 428. The minimum atomic E-state index is -0.0942. The van der Waals surface area contributed by atoms with Gasteiger partial charge in [0.1, 0.15) is 12.4 Å². The van der Waals surface area contributed by atoms with Crippen molar-refractivity contribution >= 4 is 6.03 Å². The number of carbonyl (C=O) groups excluding carboxylic acids is 1. The molecule has 0 saturated heterocycles. The molecule has 4 heteroatoms. The second-order valence-corrected chi connectivity index (χ2v) is 5.22. The highest BCUT2D eigenvalue weighted by molar-refractivity contribution is 5.74. The van der Waals surface area contributed by atoms with Crippen molar-refractivity contribution in [3.63, 3.8) is 0 Å². The van der Waals surface area contributed by atoms with Gasteiger partial charge in [-0.2, -0.15) is 0 Å². The van der Waals surface area contributed by atoms with E-state index in [1.54, 1.807) is 0 Å². The van der Waals surface area contributed by atoms with Gasteiger partial charge in [0.25, 0.3) is 0 Å². The van der Waals surface area contributed by atoms with Gasteiger partial charge in [0.15, 0.2) is 0 Å². The molecule has 1 fully saturated rings. The van der Waals surface area contributed by atoms with Crippen molar-refractivity contribution in [3.8, 4) is 5.75 Å². The van der Waals surface area contributed by atoms with Gasteiger partial charge < -0.3 is 15.4 Å². The summed E-state index contributed by atoms with van der Waals surface area (Å²) < 4.78 is 5.73. The number of urea groups is 1. The summed E-state index contributed by atoms with van der Waals surface area (Å²) in [6.45, 7) is 5.29. The van der Waals surface area contributed by atoms with Gasteiger partial charge in [-0.1, -0.05) is 32.0 Å². The van der Waals surface area contributed by atoms with E-state index < -0.39 is 0 Å². The molecule has 2 rings (SSSR count). The minimum Gasteiger partial charge on any atom is -0.491 e. The fraction of sp³-hybridized carbons (Fsp3) is 0.533. The Kier molecular flexibility index (Phi) is 4.66. The smallest absolute Gasteiger partial charge is 0.315 e. The molecule has 19 heavy (non-hydrogen) atoms. The summed E-state index contributed by atoms with van der Waals surface area (Å²) >= 11 is 0. The standard InChI is InChI=1S/C15H22N2O2/c1-11(2)13-5-3-4-6-14(13)19-10-9-16-15(18)17-12-7-8-12/h3-6,11-12H,7-10H2,1-2H3,(H2,16,17,18). The van der Waals surface area contributed by atoms with E-state index in [9.17, 15) is 4.79 Å². The number of para-hydroxylation sites is 1. The first kappa shape index (κ1) is 13.7. The molecule has 0 radical (unpaired) electrons. The topological polar surface area (TPSA) is 50.4 Å². The molecule has 2 amide bonds. The fourth-order valence-electron chi connectivity index (χ4n) is 1.88. The Labute approximate surface area is 114 Å². The summed E-state index contributed by atoms with van der Waals surface area (Å²) in [6.07, 6.45) is 2.21. The number of hydrogen-bond acceptors (Lipinski definition) is 2. The predicted octanol–water partition coefficient (Wildman–Crippen LogP) is 2.65. The Morgan fingerprint density at radius 1 is 1.37 bits per heavy atom. The first-order valence-electron chi connectivity index (χ1n) is 6.93. The van der Waals surface area contributed by atoms with E-state index in [0.29, 0.717) is 25.1 Å². The average molecular weight is 262 g/mol. The van der Waals surface area contributed by atoms with Gasteiger partial charge in [-0.3, -0.25) is 0 Å². The van der Waals surface area contributed by atoms with Crippen LogP contribution in [0.2, 0.25) is 0 Å². The van der Waals surface area contributed by atoms with E-state index in [2.05, 4.69) is 30.5 Å². The third-order valence-corrected chi connectivity index (χ3v) is 3.10. The van der Waals surface area contributed by atoms with Gasteiger partial charge in [-0.25, -0.2) is 4.79 Å². The molecule has 1 aliphatic carbocycles. The summed E-state index contributed by atoms with van der Waals surface area (Å²) in [5.41, 5.74) is 1.20. The second-order valence-electron chi connectivity index (χ2n) is 5.22. The van der Waals surface area contributed by atoms with Crippen LogP contribution in [0.1, 0.15) is 38.2 Å². The quantitative estimate of drug-likeness (QED) is 0.774. The molecule has 2 N–H and O–H groups in total. The molecule has 1 aromatic carbocycles. The molecule has 1 saturated carbocycles. The largest absolute Gasteiger partial charge is 0.491 e. The van der Waals surface area contributed by atoms with E-state index in [0.717, 1.165) is 18.6 Å². The molecule has 1 aromatic rings. The Morgan fingerprint density at radius 3 is 2.79 bits per heavy atom. The summed E-state index contributed by atoms with van der Waals surface area (Å²) in [5, 5.41) is 5.67. The van der Waals surface area contributed by atoms with Crippen LogP contribution >= 0.6 is 0 Å². The van der Waals surface area contributed by atoms with E-state index >= 15 is 0 Å². The first-order valence-corrected chi connectivity index (χ1v) is 6.93. The zero-order valence-corrected chi connectivity index (χ0v) is 11.6. The van der Waals surface area contributed by atoms with E-state index in [1.807, 2.05) is 18.2 Å². The van der Waals surface area contributed by atoms with Gasteiger partial charge in [0, 0.05) is 6.04 Å². The number of ether oxygens (including phenoxy) is 1. The van der Waals surface area contributed by atoms with Crippen LogP contribution in [0.25, 0.3) is 0 Å². The third-order valence-electron chi connectivity index (χ3n) is 3.10. The Morgan fingerprint density at radius 2 is 2.11 bits per heavy atom. The van der Waals surface area contributed by atoms with Crippen molar-refractivity contribution < 1.29 is 9.53 Å². The van der Waals surface area contributed by atoms with Gasteiger partial charge in [-0.15, -0.1) is 0 Å². The van der Waals surface area contributed by atoms with Crippen molar-refractivity contribution in [3.05, 3.63) is 29.8 Å². The van der Waals surface area contributed by atoms with Crippen LogP contribution in [0, 0.1) is 0 Å². The lowest BCUT2D eigenvalue weighted by atomic mass is 10.0. The van der Waals surface area contributed by atoms with Gasteiger partial charge in [0.05, 0.1) is 6.54 Å². The highest BCUT2D eigenvalue weighted by atomic mass is 16.5. The van der Waals surface area contributed by atoms with Gasteiger partial charge in [0.2, 0.25) is 0 Å². The zero-order valence-electron chi connectivity index (χ0n) is 11.6. The first-order chi connectivity index (χ1) is 9.16. The molecule has 1 aliphatic rings. The van der Waals surface area contributed by atoms with Gasteiger partial charge in [-0.05, 0) is 30.4 Å². The van der Waals surface area contributed by atoms with E-state index in [-0.39, 0.29) is 6.03 Å². The molecule has 104 valence electrons. The number of rotatable bonds is 6. The van der Waals surface area contributed by atoms with Crippen molar-refractivity contribution in [1.29, 1.82) is 0 Å². The normalized spacial score (nSPS) is 14.3. The number of hydrogen-bond donors (Lipinski definition) is 2. The van der Waals surface area contributed by atoms with Crippen molar-refractivity contribution in [2.75, 3.05) is 13.2 Å². The lowest BCUT2D eigenvalue weighted by molar-refractivity contribution is 0.236. The van der Waals surface area contributed by atoms with Crippen molar-refractivity contribution in [1.82, 2.24) is 10.6 Å². The maximum atomic E-state index is 11.4. The number of benzene rings is 1.